The Bertz CT molecular complexity index is 208. The van der Waals surface area contributed by atoms with E-state index in [-0.39, 0.29) is 12.1 Å². The molecule has 0 aromatic rings. The number of thioether (sulfide) groups is 1. The normalized spacial score (nSPS) is 31.3. The van der Waals surface area contributed by atoms with Crippen molar-refractivity contribution in [3.05, 3.63) is 0 Å². The van der Waals surface area contributed by atoms with E-state index in [4.69, 9.17) is 0 Å². The first-order valence-corrected chi connectivity index (χ1v) is 7.46. The van der Waals surface area contributed by atoms with Crippen molar-refractivity contribution in [2.75, 3.05) is 6.61 Å². The van der Waals surface area contributed by atoms with E-state index in [0.717, 1.165) is 12.8 Å². The Morgan fingerprint density at radius 1 is 1.38 bits per heavy atom. The standard InChI is InChI=1S/C13H27NOS/c1-10(2)14-13(9-15)7-5-6-12(8-13)16-11(3)4/h10-12,14-15H,5-9H2,1-4H3. The van der Waals surface area contributed by atoms with Gasteiger partial charge < -0.3 is 10.4 Å². The van der Waals surface area contributed by atoms with Gasteiger partial charge in [0.15, 0.2) is 0 Å². The van der Waals surface area contributed by atoms with Crippen LogP contribution in [0.2, 0.25) is 0 Å². The molecule has 0 bridgehead atoms. The van der Waals surface area contributed by atoms with Crippen molar-refractivity contribution in [1.82, 2.24) is 5.32 Å². The molecule has 2 unspecified atom stereocenters. The molecule has 0 spiro atoms. The van der Waals surface area contributed by atoms with E-state index in [1.54, 1.807) is 0 Å². The second kappa shape index (κ2) is 6.27. The van der Waals surface area contributed by atoms with Gasteiger partial charge in [-0.25, -0.2) is 0 Å². The molecule has 0 amide bonds. The van der Waals surface area contributed by atoms with Crippen molar-refractivity contribution >= 4 is 11.8 Å². The Morgan fingerprint density at radius 3 is 2.56 bits per heavy atom. The molecule has 1 aliphatic rings. The van der Waals surface area contributed by atoms with Gasteiger partial charge >= 0.3 is 0 Å². The molecule has 1 fully saturated rings. The summed E-state index contributed by atoms with van der Waals surface area (Å²) in [6, 6.07) is 0.454. The van der Waals surface area contributed by atoms with Crippen LogP contribution in [0.15, 0.2) is 0 Å². The van der Waals surface area contributed by atoms with Crippen LogP contribution in [0.1, 0.15) is 53.4 Å². The number of nitrogens with one attached hydrogen (secondary N) is 1. The quantitative estimate of drug-likeness (QED) is 0.781. The summed E-state index contributed by atoms with van der Waals surface area (Å²) in [4.78, 5) is 0. The lowest BCUT2D eigenvalue weighted by Gasteiger charge is -2.42. The molecule has 1 aliphatic carbocycles. The van der Waals surface area contributed by atoms with Crippen molar-refractivity contribution in [3.8, 4) is 0 Å². The van der Waals surface area contributed by atoms with Crippen LogP contribution in [0.5, 0.6) is 0 Å². The molecule has 1 saturated carbocycles. The predicted octanol–water partition coefficient (Wildman–Crippen LogP) is 2.80. The van der Waals surface area contributed by atoms with E-state index in [1.165, 1.54) is 12.8 Å². The molecule has 0 heterocycles. The van der Waals surface area contributed by atoms with Crippen LogP contribution in [0.4, 0.5) is 0 Å². The molecule has 0 saturated heterocycles. The minimum atomic E-state index is -0.0149. The van der Waals surface area contributed by atoms with E-state index in [9.17, 15) is 5.11 Å². The van der Waals surface area contributed by atoms with Crippen LogP contribution in [-0.2, 0) is 0 Å². The highest BCUT2D eigenvalue weighted by atomic mass is 32.2. The van der Waals surface area contributed by atoms with Crippen LogP contribution < -0.4 is 5.32 Å². The van der Waals surface area contributed by atoms with Gasteiger partial charge in [0.05, 0.1) is 6.61 Å². The number of hydrogen-bond acceptors (Lipinski definition) is 3. The fourth-order valence-corrected chi connectivity index (χ4v) is 4.23. The van der Waals surface area contributed by atoms with Gasteiger partial charge in [-0.05, 0) is 24.5 Å². The van der Waals surface area contributed by atoms with Crippen LogP contribution >= 0.6 is 11.8 Å². The van der Waals surface area contributed by atoms with Crippen molar-refractivity contribution in [2.24, 2.45) is 0 Å². The maximum Gasteiger partial charge on any atom is 0.0613 e. The van der Waals surface area contributed by atoms with Gasteiger partial charge in [-0.1, -0.05) is 34.1 Å². The molecule has 3 heteroatoms. The average Bonchev–Trinajstić information content (AvgIpc) is 2.16. The molecule has 16 heavy (non-hydrogen) atoms. The highest BCUT2D eigenvalue weighted by molar-refractivity contribution is 8.00. The second-order valence-corrected chi connectivity index (χ2v) is 7.52. The first kappa shape index (κ1) is 14.3. The largest absolute Gasteiger partial charge is 0.394 e. The Hall–Kier alpha value is 0.270. The summed E-state index contributed by atoms with van der Waals surface area (Å²) in [6.45, 7) is 9.12. The first-order valence-electron chi connectivity index (χ1n) is 6.51. The molecule has 0 aromatic heterocycles. The third-order valence-corrected chi connectivity index (χ3v) is 4.49. The molecule has 1 rings (SSSR count). The number of aliphatic hydroxyl groups is 1. The molecule has 96 valence electrons. The minimum absolute atomic E-state index is 0.0149. The summed E-state index contributed by atoms with van der Waals surface area (Å²) in [5.41, 5.74) is -0.0149. The summed E-state index contributed by atoms with van der Waals surface area (Å²) in [5.74, 6) is 0. The van der Waals surface area contributed by atoms with Gasteiger partial charge in [0.25, 0.3) is 0 Å². The third kappa shape index (κ3) is 4.27. The Morgan fingerprint density at radius 2 is 2.06 bits per heavy atom. The second-order valence-electron chi connectivity index (χ2n) is 5.64. The Balaban J connectivity index is 2.57. The van der Waals surface area contributed by atoms with Crippen LogP contribution in [0.25, 0.3) is 0 Å². The van der Waals surface area contributed by atoms with Crippen molar-refractivity contribution in [3.63, 3.8) is 0 Å². The topological polar surface area (TPSA) is 32.3 Å². The number of hydrogen-bond donors (Lipinski definition) is 2. The van der Waals surface area contributed by atoms with Crippen LogP contribution in [-0.4, -0.2) is 33.8 Å². The molecule has 2 N–H and O–H groups in total. The van der Waals surface area contributed by atoms with Crippen molar-refractivity contribution < 1.29 is 5.11 Å². The molecule has 0 aliphatic heterocycles. The van der Waals surface area contributed by atoms with Crippen molar-refractivity contribution in [2.45, 2.75) is 75.5 Å². The van der Waals surface area contributed by atoms with Gasteiger partial charge in [-0.3, -0.25) is 0 Å². The molecule has 0 aromatic carbocycles. The third-order valence-electron chi connectivity index (χ3n) is 3.16. The van der Waals surface area contributed by atoms with E-state index in [0.29, 0.717) is 16.5 Å². The lowest BCUT2D eigenvalue weighted by Crippen LogP contribution is -2.54. The van der Waals surface area contributed by atoms with Crippen LogP contribution in [0, 0.1) is 0 Å². The molecule has 0 radical (unpaired) electrons. The number of rotatable bonds is 5. The SMILES string of the molecule is CC(C)NC1(CO)CCCC(SC(C)C)C1. The smallest absolute Gasteiger partial charge is 0.0613 e. The summed E-state index contributed by atoms with van der Waals surface area (Å²) in [5, 5.41) is 14.7. The van der Waals surface area contributed by atoms with E-state index < -0.39 is 0 Å². The zero-order valence-corrected chi connectivity index (χ0v) is 11.9. The average molecular weight is 245 g/mol. The predicted molar refractivity (Wildman–Crippen MR) is 73.1 cm³/mol. The molecular weight excluding hydrogens is 218 g/mol. The maximum atomic E-state index is 9.67. The fraction of sp³-hybridized carbons (Fsp3) is 1.00. The first-order chi connectivity index (χ1) is 7.47. The van der Waals surface area contributed by atoms with Crippen LogP contribution in [0.3, 0.4) is 0 Å². The number of aliphatic hydroxyl groups excluding tert-OH is 1. The van der Waals surface area contributed by atoms with Gasteiger partial charge in [-0.2, -0.15) is 11.8 Å². The summed E-state index contributed by atoms with van der Waals surface area (Å²) >= 11 is 2.07. The highest BCUT2D eigenvalue weighted by Gasteiger charge is 2.36. The van der Waals surface area contributed by atoms with Gasteiger partial charge in [0.2, 0.25) is 0 Å². The minimum Gasteiger partial charge on any atom is -0.394 e. The molecular formula is C13H27NOS. The Labute approximate surface area is 105 Å². The molecule has 2 nitrogen and oxygen atoms in total. The lowest BCUT2D eigenvalue weighted by atomic mass is 9.81. The monoisotopic (exact) mass is 245 g/mol. The fourth-order valence-electron chi connectivity index (χ4n) is 2.74. The van der Waals surface area contributed by atoms with E-state index >= 15 is 0 Å². The highest BCUT2D eigenvalue weighted by Crippen LogP contribution is 2.36. The van der Waals surface area contributed by atoms with Gasteiger partial charge in [-0.15, -0.1) is 0 Å². The zero-order valence-electron chi connectivity index (χ0n) is 11.1. The molecule has 2 atom stereocenters. The van der Waals surface area contributed by atoms with Gasteiger partial charge in [0, 0.05) is 16.8 Å². The summed E-state index contributed by atoms with van der Waals surface area (Å²) in [6.07, 6.45) is 4.79. The maximum absolute atomic E-state index is 9.67. The van der Waals surface area contributed by atoms with Crippen molar-refractivity contribution in [1.29, 1.82) is 0 Å². The van der Waals surface area contributed by atoms with Gasteiger partial charge in [0.1, 0.15) is 0 Å². The van der Waals surface area contributed by atoms with E-state index in [2.05, 4.69) is 44.8 Å². The summed E-state index contributed by atoms with van der Waals surface area (Å²) < 4.78 is 0. The summed E-state index contributed by atoms with van der Waals surface area (Å²) in [7, 11) is 0. The lowest BCUT2D eigenvalue weighted by molar-refractivity contribution is 0.115. The zero-order chi connectivity index (χ0) is 12.2. The van der Waals surface area contributed by atoms with E-state index in [1.807, 2.05) is 0 Å². The Kier molecular flexibility index (Phi) is 5.62.